The van der Waals surface area contributed by atoms with Crippen molar-refractivity contribution in [2.24, 2.45) is 0 Å². The van der Waals surface area contributed by atoms with Crippen LogP contribution in [0.3, 0.4) is 0 Å². The maximum atomic E-state index is 12.2. The average Bonchev–Trinajstić information content (AvgIpc) is 3.19. The number of aryl methyl sites for hydroxylation is 1. The summed E-state index contributed by atoms with van der Waals surface area (Å²) in [6.07, 6.45) is 7.25. The number of furan rings is 1. The Morgan fingerprint density at radius 3 is 3.04 bits per heavy atom. The summed E-state index contributed by atoms with van der Waals surface area (Å²) in [7, 11) is 1.71. The number of ether oxygens (including phenoxy) is 1. The fourth-order valence-electron chi connectivity index (χ4n) is 2.87. The monoisotopic (exact) mass is 316 g/mol. The minimum atomic E-state index is -0.125. The second-order valence-corrected chi connectivity index (χ2v) is 5.65. The van der Waals surface area contributed by atoms with Crippen molar-refractivity contribution in [3.8, 4) is 0 Å². The van der Waals surface area contributed by atoms with Crippen molar-refractivity contribution in [1.29, 1.82) is 0 Å². The van der Waals surface area contributed by atoms with Crippen molar-refractivity contribution in [1.82, 2.24) is 15.3 Å². The summed E-state index contributed by atoms with van der Waals surface area (Å²) in [6, 6.07) is 2.00. The molecule has 0 unspecified atom stereocenters. The van der Waals surface area contributed by atoms with E-state index < -0.39 is 0 Å². The first-order valence-electron chi connectivity index (χ1n) is 7.55. The van der Waals surface area contributed by atoms with E-state index in [9.17, 15) is 4.79 Å². The van der Waals surface area contributed by atoms with Crippen LogP contribution < -0.4 is 10.2 Å². The van der Waals surface area contributed by atoms with Gasteiger partial charge in [-0.15, -0.1) is 0 Å². The highest BCUT2D eigenvalue weighted by Gasteiger charge is 2.33. The second kappa shape index (κ2) is 6.78. The fraction of sp³-hybridized carbons (Fsp3) is 0.438. The minimum Gasteiger partial charge on any atom is -0.471 e. The molecule has 2 atom stereocenters. The normalized spacial score (nSPS) is 20.7. The third kappa shape index (κ3) is 3.34. The highest BCUT2D eigenvalue weighted by atomic mass is 16.5. The topological polar surface area (TPSA) is 80.5 Å². The van der Waals surface area contributed by atoms with Crippen molar-refractivity contribution in [3.05, 3.63) is 42.2 Å². The van der Waals surface area contributed by atoms with Gasteiger partial charge in [0.25, 0.3) is 5.91 Å². The summed E-state index contributed by atoms with van der Waals surface area (Å²) in [6.45, 7) is 3.12. The second-order valence-electron chi connectivity index (χ2n) is 5.65. The molecule has 1 fully saturated rings. The van der Waals surface area contributed by atoms with Gasteiger partial charge in [0, 0.05) is 26.4 Å². The van der Waals surface area contributed by atoms with Gasteiger partial charge in [0.15, 0.2) is 0 Å². The molecule has 2 aromatic rings. The summed E-state index contributed by atoms with van der Waals surface area (Å²) in [5.74, 6) is 0.720. The number of rotatable bonds is 5. The Bertz CT molecular complexity index is 658. The van der Waals surface area contributed by atoms with Gasteiger partial charge in [0.05, 0.1) is 24.0 Å². The van der Waals surface area contributed by atoms with Gasteiger partial charge in [-0.1, -0.05) is 0 Å². The first-order valence-corrected chi connectivity index (χ1v) is 7.55. The molecule has 0 radical (unpaired) electrons. The minimum absolute atomic E-state index is 0.125. The molecule has 0 spiro atoms. The molecule has 2 aromatic heterocycles. The molecule has 1 saturated heterocycles. The van der Waals surface area contributed by atoms with E-state index in [-0.39, 0.29) is 18.1 Å². The van der Waals surface area contributed by atoms with Crippen LogP contribution in [0.1, 0.15) is 22.3 Å². The number of hydrogen-bond acceptors (Lipinski definition) is 6. The van der Waals surface area contributed by atoms with Crippen LogP contribution in [-0.4, -0.2) is 48.2 Å². The molecule has 3 rings (SSSR count). The largest absolute Gasteiger partial charge is 0.471 e. The van der Waals surface area contributed by atoms with E-state index >= 15 is 0 Å². The highest BCUT2D eigenvalue weighted by Crippen LogP contribution is 2.24. The van der Waals surface area contributed by atoms with Gasteiger partial charge >= 0.3 is 0 Å². The van der Waals surface area contributed by atoms with Crippen LogP contribution in [0.5, 0.6) is 0 Å². The van der Waals surface area contributed by atoms with Crippen molar-refractivity contribution < 1.29 is 13.9 Å². The number of nitrogens with one attached hydrogen (secondary N) is 1. The summed E-state index contributed by atoms with van der Waals surface area (Å²) >= 11 is 0. The molecule has 1 amide bonds. The summed E-state index contributed by atoms with van der Waals surface area (Å²) in [4.78, 5) is 22.6. The van der Waals surface area contributed by atoms with E-state index in [0.29, 0.717) is 12.1 Å². The van der Waals surface area contributed by atoms with E-state index in [0.717, 1.165) is 24.3 Å². The number of hydrogen-bond donors (Lipinski definition) is 1. The number of amides is 1. The van der Waals surface area contributed by atoms with Gasteiger partial charge in [0.2, 0.25) is 0 Å². The molecule has 0 bridgehead atoms. The molecular weight excluding hydrogens is 296 g/mol. The van der Waals surface area contributed by atoms with Gasteiger partial charge in [-0.2, -0.15) is 0 Å². The number of carbonyl (C=O) groups is 1. The van der Waals surface area contributed by atoms with Crippen LogP contribution in [0.15, 0.2) is 35.5 Å². The predicted molar refractivity (Wildman–Crippen MR) is 84.4 cm³/mol. The lowest BCUT2D eigenvalue weighted by Crippen LogP contribution is -2.40. The van der Waals surface area contributed by atoms with Gasteiger partial charge in [-0.3, -0.25) is 4.79 Å². The lowest BCUT2D eigenvalue weighted by atomic mass is 10.1. The van der Waals surface area contributed by atoms with E-state index in [4.69, 9.17) is 9.15 Å². The molecule has 3 heterocycles. The first-order chi connectivity index (χ1) is 11.2. The van der Waals surface area contributed by atoms with Crippen molar-refractivity contribution in [2.75, 3.05) is 25.1 Å². The molecule has 7 nitrogen and oxygen atoms in total. The quantitative estimate of drug-likeness (QED) is 0.898. The molecule has 7 heteroatoms. The Morgan fingerprint density at radius 2 is 2.39 bits per heavy atom. The number of carbonyl (C=O) groups excluding carboxylic acids is 1. The van der Waals surface area contributed by atoms with Gasteiger partial charge in [-0.25, -0.2) is 9.97 Å². The summed E-state index contributed by atoms with van der Waals surface area (Å²) < 4.78 is 10.5. The van der Waals surface area contributed by atoms with Crippen LogP contribution in [0, 0.1) is 6.92 Å². The smallest absolute Gasteiger partial charge is 0.254 e. The highest BCUT2D eigenvalue weighted by molar-refractivity contribution is 5.95. The third-order valence-electron chi connectivity index (χ3n) is 4.17. The molecule has 0 aromatic carbocycles. The van der Waals surface area contributed by atoms with Crippen LogP contribution in [0.4, 0.5) is 5.82 Å². The van der Waals surface area contributed by atoms with E-state index in [2.05, 4.69) is 20.2 Å². The van der Waals surface area contributed by atoms with Crippen molar-refractivity contribution in [2.45, 2.75) is 25.5 Å². The molecule has 1 N–H and O–H groups in total. The van der Waals surface area contributed by atoms with E-state index in [1.807, 2.05) is 13.0 Å². The van der Waals surface area contributed by atoms with E-state index in [1.54, 1.807) is 19.6 Å². The van der Waals surface area contributed by atoms with Crippen molar-refractivity contribution >= 4 is 11.7 Å². The third-order valence-corrected chi connectivity index (χ3v) is 4.17. The molecule has 0 aliphatic carbocycles. The number of methoxy groups -OCH3 is 1. The van der Waals surface area contributed by atoms with Gasteiger partial charge < -0.3 is 19.4 Å². The van der Waals surface area contributed by atoms with Gasteiger partial charge in [-0.05, 0) is 25.0 Å². The predicted octanol–water partition coefficient (Wildman–Crippen LogP) is 1.40. The van der Waals surface area contributed by atoms with Crippen LogP contribution >= 0.6 is 0 Å². The van der Waals surface area contributed by atoms with Crippen molar-refractivity contribution in [3.63, 3.8) is 0 Å². The van der Waals surface area contributed by atoms with Crippen LogP contribution in [-0.2, 0) is 4.74 Å². The maximum absolute atomic E-state index is 12.2. The molecule has 122 valence electrons. The first kappa shape index (κ1) is 15.5. The molecule has 1 aliphatic rings. The standard InChI is InChI=1S/C16H20N4O3/c1-11-8-23-9-14(11)16(21)18-6-12-5-13(22-2)7-20(12)15-3-4-17-10-19-15/h3-4,8-10,12-13H,5-7H2,1-2H3,(H,18,21)/t12-,13-/m1/s1. The Morgan fingerprint density at radius 1 is 1.52 bits per heavy atom. The zero-order valence-electron chi connectivity index (χ0n) is 13.2. The number of aromatic nitrogens is 2. The number of nitrogens with zero attached hydrogens (tertiary/aromatic N) is 3. The zero-order chi connectivity index (χ0) is 16.2. The Labute approximate surface area is 134 Å². The van der Waals surface area contributed by atoms with E-state index in [1.165, 1.54) is 12.6 Å². The van der Waals surface area contributed by atoms with Gasteiger partial charge in [0.1, 0.15) is 18.4 Å². The lowest BCUT2D eigenvalue weighted by molar-refractivity contribution is 0.0945. The Kier molecular flexibility index (Phi) is 4.57. The average molecular weight is 316 g/mol. The molecule has 0 saturated carbocycles. The van der Waals surface area contributed by atoms with Crippen LogP contribution in [0.25, 0.3) is 0 Å². The Balaban J connectivity index is 1.67. The summed E-state index contributed by atoms with van der Waals surface area (Å²) in [5, 5.41) is 2.97. The number of anilines is 1. The Hall–Kier alpha value is -2.41. The summed E-state index contributed by atoms with van der Waals surface area (Å²) in [5.41, 5.74) is 1.40. The zero-order valence-corrected chi connectivity index (χ0v) is 13.2. The maximum Gasteiger partial charge on any atom is 0.254 e. The fourth-order valence-corrected chi connectivity index (χ4v) is 2.87. The molecule has 23 heavy (non-hydrogen) atoms. The SMILES string of the molecule is CO[C@@H]1C[C@H](CNC(=O)c2cocc2C)N(c2ccncn2)C1. The lowest BCUT2D eigenvalue weighted by Gasteiger charge is -2.25. The van der Waals surface area contributed by atoms with Crippen LogP contribution in [0.2, 0.25) is 0 Å². The molecule has 1 aliphatic heterocycles. The molecular formula is C16H20N4O3.